The molecule has 8 atom stereocenters. The monoisotopic (exact) mass is 781 g/mol. The zero-order chi connectivity index (χ0) is 36.8. The van der Waals surface area contributed by atoms with Crippen molar-refractivity contribution in [1.29, 1.82) is 0 Å². The third kappa shape index (κ3) is 6.55. The predicted octanol–water partition coefficient (Wildman–Crippen LogP) is 5.74. The highest BCUT2D eigenvalue weighted by Gasteiger charge is 2.75. The van der Waals surface area contributed by atoms with Gasteiger partial charge in [0.05, 0.1) is 35.3 Å². The summed E-state index contributed by atoms with van der Waals surface area (Å²) in [5, 5.41) is 11.1. The van der Waals surface area contributed by atoms with Gasteiger partial charge in [0, 0.05) is 24.5 Å². The van der Waals surface area contributed by atoms with Crippen molar-refractivity contribution in [2.75, 3.05) is 25.1 Å². The zero-order valence-electron chi connectivity index (χ0n) is 29.5. The maximum atomic E-state index is 15.3. The van der Waals surface area contributed by atoms with Crippen LogP contribution in [0.25, 0.3) is 0 Å². The zero-order valence-corrected chi connectivity index (χ0v) is 31.8. The normalized spacial score (nSPS) is 31.2. The van der Waals surface area contributed by atoms with Gasteiger partial charge in [-0.05, 0) is 55.9 Å². The largest absolute Gasteiger partial charge is 0.455 e. The smallest absolute Gasteiger partial charge is 0.313 e. The third-order valence-corrected chi connectivity index (χ3v) is 11.7. The summed E-state index contributed by atoms with van der Waals surface area (Å²) in [5.74, 6) is -3.88. The van der Waals surface area contributed by atoms with Crippen LogP contribution in [-0.4, -0.2) is 88.6 Å². The number of amides is 3. The highest BCUT2D eigenvalue weighted by atomic mass is 79.9. The van der Waals surface area contributed by atoms with Gasteiger partial charge in [0.1, 0.15) is 29.8 Å². The van der Waals surface area contributed by atoms with Gasteiger partial charge in [0.2, 0.25) is 11.8 Å². The molecule has 4 aliphatic heterocycles. The number of benzene rings is 2. The second-order valence-corrected chi connectivity index (χ2v) is 15.7. The standard InChI is InChI=1S/C39H45BrClN3O7/c1-22(2)19-26(21-45)44-35-37(48)43(32-23(3)13-12-16-28(32)41)18-11-7-10-17-29(46)42(5)24(4)33(25-14-8-6-9-15-25)50-38(49)30-31(36(44)47)39(35)20-27(40)34(30)51-39/h6-9,11-16,20,22,24,26,30-31,33-35,45H,10,17-19,21H2,1-5H3/b11-7-/t24-,26+,30+,31-,33+,34+,35+,39-/m0/s1. The molecule has 3 amide bonds. The number of fused-ring (bicyclic) bond motifs is 2. The third-order valence-electron chi connectivity index (χ3n) is 10.7. The molecule has 1 N–H and O–H groups in total. The van der Waals surface area contributed by atoms with Crippen molar-refractivity contribution in [2.45, 2.75) is 82.9 Å². The van der Waals surface area contributed by atoms with Crippen molar-refractivity contribution in [3.05, 3.63) is 87.4 Å². The van der Waals surface area contributed by atoms with Crippen molar-refractivity contribution >= 4 is 56.9 Å². The molecule has 0 aliphatic carbocycles. The fourth-order valence-corrected chi connectivity index (χ4v) is 9.29. The molecule has 0 aromatic heterocycles. The number of nitrogens with zero attached hydrogens (tertiary/aromatic N) is 3. The van der Waals surface area contributed by atoms with Crippen LogP contribution in [0.5, 0.6) is 0 Å². The van der Waals surface area contributed by atoms with Crippen LogP contribution in [-0.2, 0) is 28.7 Å². The lowest BCUT2D eigenvalue weighted by atomic mass is 9.74. The van der Waals surface area contributed by atoms with Gasteiger partial charge in [-0.2, -0.15) is 0 Å². The fourth-order valence-electron chi connectivity index (χ4n) is 8.23. The first-order valence-corrected chi connectivity index (χ1v) is 18.7. The molecule has 0 unspecified atom stereocenters. The van der Waals surface area contributed by atoms with Gasteiger partial charge in [-0.15, -0.1) is 0 Å². The number of carbonyl (C=O) groups excluding carboxylic acids is 4. The topological polar surface area (TPSA) is 117 Å². The number of esters is 1. The average molecular weight is 783 g/mol. The molecule has 12 heteroatoms. The van der Waals surface area contributed by atoms with Crippen LogP contribution < -0.4 is 4.90 Å². The molecule has 2 aromatic carbocycles. The molecule has 272 valence electrons. The van der Waals surface area contributed by atoms with Crippen molar-refractivity contribution in [1.82, 2.24) is 9.80 Å². The van der Waals surface area contributed by atoms with Gasteiger partial charge in [-0.25, -0.2) is 0 Å². The SMILES string of the molecule is Cc1cccc(Cl)c1N1C/C=C\CCC(=O)N(C)[C@@H](C)[C@H](c2ccccc2)OC(=O)[C@H]2[C@@H]3O[C@@]4(C=C3Br)[C@@H]2C(=O)N([C@@H](CO)CC(C)C)[C@@H]4C1=O. The van der Waals surface area contributed by atoms with E-state index >= 15 is 4.79 Å². The summed E-state index contributed by atoms with van der Waals surface area (Å²) < 4.78 is 13.6. The Labute approximate surface area is 312 Å². The van der Waals surface area contributed by atoms with Gasteiger partial charge in [-0.3, -0.25) is 19.2 Å². The van der Waals surface area contributed by atoms with Crippen molar-refractivity contribution in [2.24, 2.45) is 17.8 Å². The lowest BCUT2D eigenvalue weighted by Crippen LogP contribution is -2.59. The number of ether oxygens (including phenoxy) is 2. The number of halogens is 2. The lowest BCUT2D eigenvalue weighted by Gasteiger charge is -2.39. The van der Waals surface area contributed by atoms with Crippen molar-refractivity contribution in [3.8, 4) is 0 Å². The number of allylic oxidation sites excluding steroid dienone is 1. The number of para-hydroxylation sites is 1. The molecule has 1 spiro atoms. The highest BCUT2D eigenvalue weighted by molar-refractivity contribution is 9.11. The molecule has 0 saturated carbocycles. The van der Waals surface area contributed by atoms with E-state index in [0.29, 0.717) is 33.6 Å². The van der Waals surface area contributed by atoms with E-state index in [1.54, 1.807) is 35.1 Å². The maximum absolute atomic E-state index is 15.3. The minimum Gasteiger partial charge on any atom is -0.455 e. The van der Waals surface area contributed by atoms with Gasteiger partial charge in [-0.1, -0.05) is 96.0 Å². The number of anilines is 1. The minimum absolute atomic E-state index is 0.0761. The van der Waals surface area contributed by atoms with E-state index in [4.69, 9.17) is 21.1 Å². The molecular formula is C39H45BrClN3O7. The Morgan fingerprint density at radius 3 is 2.41 bits per heavy atom. The first-order chi connectivity index (χ1) is 24.3. The van der Waals surface area contributed by atoms with E-state index < -0.39 is 65.6 Å². The molecule has 2 saturated heterocycles. The van der Waals surface area contributed by atoms with Gasteiger partial charge in [0.15, 0.2) is 0 Å². The molecule has 51 heavy (non-hydrogen) atoms. The molecule has 6 rings (SSSR count). The molecule has 4 heterocycles. The second-order valence-electron chi connectivity index (χ2n) is 14.4. The van der Waals surface area contributed by atoms with E-state index in [2.05, 4.69) is 15.9 Å². The number of carbonyl (C=O) groups is 4. The Morgan fingerprint density at radius 1 is 1.02 bits per heavy atom. The summed E-state index contributed by atoms with van der Waals surface area (Å²) in [5.41, 5.74) is 0.371. The Bertz CT molecular complexity index is 1730. The van der Waals surface area contributed by atoms with Crippen LogP contribution in [0.3, 0.4) is 0 Å². The first kappa shape index (κ1) is 37.3. The van der Waals surface area contributed by atoms with Gasteiger partial charge < -0.3 is 29.3 Å². The molecule has 0 radical (unpaired) electrons. The van der Waals surface area contributed by atoms with E-state index in [9.17, 15) is 19.5 Å². The van der Waals surface area contributed by atoms with Crippen molar-refractivity contribution < 1.29 is 33.8 Å². The first-order valence-electron chi connectivity index (χ1n) is 17.5. The number of aliphatic hydroxyl groups excluding tert-OH is 1. The quantitative estimate of drug-likeness (QED) is 0.294. The highest BCUT2D eigenvalue weighted by Crippen LogP contribution is 2.60. The molecule has 10 nitrogen and oxygen atoms in total. The maximum Gasteiger partial charge on any atom is 0.313 e. The predicted molar refractivity (Wildman–Crippen MR) is 197 cm³/mol. The van der Waals surface area contributed by atoms with Crippen molar-refractivity contribution in [3.63, 3.8) is 0 Å². The van der Waals surface area contributed by atoms with Gasteiger partial charge in [0.25, 0.3) is 5.91 Å². The van der Waals surface area contributed by atoms with Crippen LogP contribution in [0, 0.1) is 24.7 Å². The van der Waals surface area contributed by atoms with Crippen LogP contribution in [0.15, 0.2) is 71.2 Å². The van der Waals surface area contributed by atoms with Gasteiger partial charge >= 0.3 is 5.97 Å². The number of hydrogen-bond acceptors (Lipinski definition) is 7. The van der Waals surface area contributed by atoms with E-state index in [1.165, 1.54) is 4.90 Å². The summed E-state index contributed by atoms with van der Waals surface area (Å²) >= 11 is 10.4. The number of likely N-dealkylation sites (tertiary alicyclic amines) is 1. The summed E-state index contributed by atoms with van der Waals surface area (Å²) in [6.45, 7) is 7.36. The Balaban J connectivity index is 1.54. The van der Waals surface area contributed by atoms with Crippen LogP contribution >= 0.6 is 27.5 Å². The van der Waals surface area contributed by atoms with E-state index in [1.807, 2.05) is 76.2 Å². The van der Waals surface area contributed by atoms with E-state index in [0.717, 1.165) is 5.56 Å². The summed E-state index contributed by atoms with van der Waals surface area (Å²) in [7, 11) is 1.69. The van der Waals surface area contributed by atoms with Crippen LogP contribution in [0.4, 0.5) is 5.69 Å². The number of aliphatic hydroxyl groups is 1. The Morgan fingerprint density at radius 2 is 1.75 bits per heavy atom. The number of likely N-dealkylation sites (N-methyl/N-ethyl adjacent to an activating group) is 1. The molecule has 5 bridgehead atoms. The summed E-state index contributed by atoms with van der Waals surface area (Å²) in [6.07, 6.45) is 4.70. The number of rotatable bonds is 6. The van der Waals surface area contributed by atoms with Crippen LogP contribution in [0.1, 0.15) is 57.3 Å². The van der Waals surface area contributed by atoms with Crippen LogP contribution in [0.2, 0.25) is 5.02 Å². The minimum atomic E-state index is -1.54. The molecule has 4 aliphatic rings. The average Bonchev–Trinajstić information content (AvgIpc) is 3.70. The number of aryl methyl sites for hydroxylation is 1. The Hall–Kier alpha value is -3.51. The number of hydrogen-bond donors (Lipinski definition) is 1. The summed E-state index contributed by atoms with van der Waals surface area (Å²) in [4.78, 5) is 62.8. The fraction of sp³-hybridized carbons (Fsp3) is 0.487. The summed E-state index contributed by atoms with van der Waals surface area (Å²) in [6, 6.07) is 12.1. The Kier molecular flexibility index (Phi) is 10.8. The van der Waals surface area contributed by atoms with E-state index in [-0.39, 0.29) is 31.4 Å². The molecule has 2 aromatic rings. The lowest BCUT2D eigenvalue weighted by molar-refractivity contribution is -0.164. The number of cyclic esters (lactones) is 1. The second kappa shape index (κ2) is 14.8. The molecular weight excluding hydrogens is 738 g/mol. The molecule has 2 fully saturated rings.